The van der Waals surface area contributed by atoms with E-state index in [1.54, 1.807) is 0 Å². The minimum Gasteiger partial charge on any atom is -1.00 e. The minimum absolute atomic E-state index is 0. The van der Waals surface area contributed by atoms with Gasteiger partial charge >= 0.3 is 29.6 Å². The number of hydrogen-bond acceptors (Lipinski definition) is 3. The molecule has 1 aromatic carbocycles. The molecule has 7 heteroatoms. The van der Waals surface area contributed by atoms with E-state index in [0.717, 1.165) is 0 Å². The van der Waals surface area contributed by atoms with E-state index in [2.05, 4.69) is 0 Å². The van der Waals surface area contributed by atoms with E-state index in [0.29, 0.717) is 0 Å². The van der Waals surface area contributed by atoms with Gasteiger partial charge in [0.15, 0.2) is 11.1 Å². The molecule has 13 heavy (non-hydrogen) atoms. The van der Waals surface area contributed by atoms with Crippen molar-refractivity contribution in [2.45, 2.75) is 4.90 Å². The molecule has 0 saturated carbocycles. The van der Waals surface area contributed by atoms with Crippen LogP contribution in [0.2, 0.25) is 0 Å². The third-order valence-corrected chi connectivity index (χ3v) is 1.97. The molecule has 0 bridgehead atoms. The fourth-order valence-electron chi connectivity index (χ4n) is 0.756. The summed E-state index contributed by atoms with van der Waals surface area (Å²) in [5.41, 5.74) is -0.335. The van der Waals surface area contributed by atoms with Gasteiger partial charge in [-0.05, 0) is 6.07 Å². The van der Waals surface area contributed by atoms with Crippen molar-refractivity contribution < 1.29 is 44.7 Å². The molecule has 0 amide bonds. The van der Waals surface area contributed by atoms with Gasteiger partial charge in [0.1, 0.15) is 4.90 Å². The molecule has 1 unspecified atom stereocenters. The fourth-order valence-corrected chi connectivity index (χ4v) is 1.27. The van der Waals surface area contributed by atoms with Crippen LogP contribution in [-0.2, 0) is 11.1 Å². The van der Waals surface area contributed by atoms with Gasteiger partial charge in [-0.25, -0.2) is 4.21 Å². The number of benzene rings is 1. The Balaban J connectivity index is 0. The molecule has 0 aliphatic rings. The topological polar surface area (TPSA) is 80.4 Å². The molecular formula is C6H6NNaO4S. The summed E-state index contributed by atoms with van der Waals surface area (Å²) >= 11 is -2.30. The zero-order chi connectivity index (χ0) is 9.14. The molecule has 1 rings (SSSR count). The van der Waals surface area contributed by atoms with Crippen LogP contribution in [0.4, 0.5) is 5.69 Å². The van der Waals surface area contributed by atoms with Crippen molar-refractivity contribution in [1.29, 1.82) is 0 Å². The number of nitro groups is 1. The van der Waals surface area contributed by atoms with E-state index in [-0.39, 0.29) is 41.6 Å². The van der Waals surface area contributed by atoms with Crippen molar-refractivity contribution in [1.82, 2.24) is 0 Å². The Labute approximate surface area is 100 Å². The van der Waals surface area contributed by atoms with Crippen LogP contribution in [0, 0.1) is 10.1 Å². The first-order valence-electron chi connectivity index (χ1n) is 2.97. The minimum atomic E-state index is -2.30. The summed E-state index contributed by atoms with van der Waals surface area (Å²) in [6.07, 6.45) is 0. The predicted molar refractivity (Wildman–Crippen MR) is 43.2 cm³/mol. The van der Waals surface area contributed by atoms with Crippen LogP contribution in [0.15, 0.2) is 29.2 Å². The first-order chi connectivity index (χ1) is 5.63. The van der Waals surface area contributed by atoms with Gasteiger partial charge in [0.2, 0.25) is 0 Å². The number of hydrogen-bond donors (Lipinski definition) is 1. The summed E-state index contributed by atoms with van der Waals surface area (Å²) in [6.45, 7) is 0. The molecule has 0 heterocycles. The van der Waals surface area contributed by atoms with E-state index >= 15 is 0 Å². The van der Waals surface area contributed by atoms with Gasteiger partial charge in [-0.2, -0.15) is 0 Å². The molecular weight excluding hydrogens is 205 g/mol. The Morgan fingerprint density at radius 3 is 2.38 bits per heavy atom. The van der Waals surface area contributed by atoms with Crippen molar-refractivity contribution in [2.24, 2.45) is 0 Å². The summed E-state index contributed by atoms with van der Waals surface area (Å²) in [5.74, 6) is 0. The Kier molecular flexibility index (Phi) is 5.34. The van der Waals surface area contributed by atoms with Crippen LogP contribution in [0.5, 0.6) is 0 Å². The van der Waals surface area contributed by atoms with Crippen LogP contribution in [0.1, 0.15) is 1.43 Å². The standard InChI is InChI=1S/C6H5NO4S.Na.H/c8-7(9)5-3-1-2-4-6(5)12(10)11;;/h1-4H,(H,10,11);;/q;+1;-1. The maximum Gasteiger partial charge on any atom is 1.00 e. The first kappa shape index (κ1) is 12.7. The van der Waals surface area contributed by atoms with Crippen molar-refractivity contribution in [3.8, 4) is 0 Å². The second-order valence-electron chi connectivity index (χ2n) is 1.97. The molecule has 1 N–H and O–H groups in total. The zero-order valence-electron chi connectivity index (χ0n) is 7.84. The summed E-state index contributed by atoms with van der Waals surface area (Å²) < 4.78 is 19.2. The van der Waals surface area contributed by atoms with Crippen LogP contribution in [-0.4, -0.2) is 13.7 Å². The van der Waals surface area contributed by atoms with Crippen LogP contribution in [0.25, 0.3) is 0 Å². The molecule has 0 aliphatic heterocycles. The molecule has 66 valence electrons. The Hall–Kier alpha value is -0.270. The molecule has 0 fully saturated rings. The monoisotopic (exact) mass is 211 g/mol. The van der Waals surface area contributed by atoms with Crippen molar-refractivity contribution in [2.75, 3.05) is 0 Å². The second kappa shape index (κ2) is 5.46. The SMILES string of the molecule is O=[N+]([O-])c1ccccc1S(=O)O.[H-].[Na+]. The van der Waals surface area contributed by atoms with Gasteiger partial charge < -0.3 is 5.98 Å². The van der Waals surface area contributed by atoms with Crippen molar-refractivity contribution >= 4 is 16.8 Å². The largest absolute Gasteiger partial charge is 1.00 e. The summed E-state index contributed by atoms with van der Waals surface area (Å²) in [4.78, 5) is 9.42. The quantitative estimate of drug-likeness (QED) is 0.273. The summed E-state index contributed by atoms with van der Waals surface area (Å²) in [5, 5.41) is 10.3. The van der Waals surface area contributed by atoms with Gasteiger partial charge in [0, 0.05) is 6.07 Å². The molecule has 1 atom stereocenters. The molecule has 0 radical (unpaired) electrons. The second-order valence-corrected chi connectivity index (χ2v) is 2.91. The number of rotatable bonds is 2. The predicted octanol–water partition coefficient (Wildman–Crippen LogP) is -1.71. The zero-order valence-corrected chi connectivity index (χ0v) is 9.65. The van der Waals surface area contributed by atoms with E-state index < -0.39 is 16.0 Å². The molecule has 5 nitrogen and oxygen atoms in total. The Bertz CT molecular complexity index is 315. The normalized spacial score (nSPS) is 11.5. The Morgan fingerprint density at radius 2 is 2.00 bits per heavy atom. The van der Waals surface area contributed by atoms with Gasteiger partial charge in [-0.3, -0.25) is 10.1 Å². The number of nitro benzene ring substituents is 1. The maximum absolute atomic E-state index is 10.5. The fraction of sp³-hybridized carbons (Fsp3) is 0. The van der Waals surface area contributed by atoms with E-state index in [1.165, 1.54) is 24.3 Å². The maximum atomic E-state index is 10.5. The summed E-state index contributed by atoms with van der Waals surface area (Å²) in [6, 6.07) is 5.34. The number of nitrogens with zero attached hydrogens (tertiary/aromatic N) is 1. The molecule has 0 aromatic heterocycles. The molecule has 0 aliphatic carbocycles. The third-order valence-electron chi connectivity index (χ3n) is 1.25. The van der Waals surface area contributed by atoms with Gasteiger partial charge in [-0.1, -0.05) is 12.1 Å². The van der Waals surface area contributed by atoms with Gasteiger partial charge in [-0.15, -0.1) is 0 Å². The average Bonchev–Trinajstić information content (AvgIpc) is 2.04. The Morgan fingerprint density at radius 1 is 1.46 bits per heavy atom. The first-order valence-corrected chi connectivity index (χ1v) is 4.08. The third kappa shape index (κ3) is 3.17. The smallest absolute Gasteiger partial charge is 1.00 e. The van der Waals surface area contributed by atoms with Crippen molar-refractivity contribution in [3.63, 3.8) is 0 Å². The average molecular weight is 211 g/mol. The summed E-state index contributed by atoms with van der Waals surface area (Å²) in [7, 11) is 0. The van der Waals surface area contributed by atoms with Crippen LogP contribution < -0.4 is 29.6 Å². The molecule has 0 spiro atoms. The molecule has 0 saturated heterocycles. The van der Waals surface area contributed by atoms with Crippen LogP contribution in [0.3, 0.4) is 0 Å². The molecule has 1 aromatic rings. The van der Waals surface area contributed by atoms with E-state index in [4.69, 9.17) is 4.55 Å². The van der Waals surface area contributed by atoms with Crippen LogP contribution >= 0.6 is 0 Å². The van der Waals surface area contributed by atoms with Gasteiger partial charge in [0.05, 0.1) is 4.92 Å². The van der Waals surface area contributed by atoms with E-state index in [9.17, 15) is 14.3 Å². The number of para-hydroxylation sites is 1. The van der Waals surface area contributed by atoms with Gasteiger partial charge in [0.25, 0.3) is 5.69 Å². The van der Waals surface area contributed by atoms with Crippen molar-refractivity contribution in [3.05, 3.63) is 34.4 Å². The van der Waals surface area contributed by atoms with E-state index in [1.807, 2.05) is 0 Å².